The summed E-state index contributed by atoms with van der Waals surface area (Å²) in [4.78, 5) is 26.4. The number of rotatable bonds is 5. The van der Waals surface area contributed by atoms with E-state index in [0.29, 0.717) is 21.7 Å². The number of nitrogens with one attached hydrogen (secondary N) is 2. The van der Waals surface area contributed by atoms with Crippen LogP contribution in [0, 0.1) is 5.92 Å². The summed E-state index contributed by atoms with van der Waals surface area (Å²) in [5, 5.41) is 6.06. The first kappa shape index (κ1) is 21.0. The molecule has 6 heteroatoms. The monoisotopic (exact) mass is 467 g/mol. The molecule has 2 aliphatic heterocycles. The Hall–Kier alpha value is -2.26. The standard InChI is InChI=1S/C24H30AsN3O2/c1-16(2)23(29)25-21-7-3-17(4-8-21)18-5-9-22(10-6-18)27-24(30)28-14-19-11-12-26-13-20(19)15-28/h5-6,9-14,16-17,21,25-26H,3-4,7-8,15H2,1-2H3,(H,27,30)/t17-,21-. The van der Waals surface area contributed by atoms with Crippen molar-refractivity contribution in [2.75, 3.05) is 11.9 Å². The van der Waals surface area contributed by atoms with Crippen LogP contribution in [-0.2, 0) is 4.79 Å². The summed E-state index contributed by atoms with van der Waals surface area (Å²) in [6, 6.07) is 8.19. The molecule has 2 heterocycles. The summed E-state index contributed by atoms with van der Waals surface area (Å²) in [6.07, 6.45) is 12.4. The van der Waals surface area contributed by atoms with E-state index in [4.69, 9.17) is 0 Å². The average molecular weight is 467 g/mol. The molecule has 1 unspecified atom stereocenters. The van der Waals surface area contributed by atoms with Crippen molar-refractivity contribution in [1.29, 1.82) is 0 Å². The molecule has 2 amide bonds. The molecule has 30 heavy (non-hydrogen) atoms. The zero-order chi connectivity index (χ0) is 21.1. The van der Waals surface area contributed by atoms with Crippen LogP contribution in [0.4, 0.5) is 10.5 Å². The van der Waals surface area contributed by atoms with Gasteiger partial charge in [-0.15, -0.1) is 0 Å². The first-order valence-corrected chi connectivity index (χ1v) is 13.1. The van der Waals surface area contributed by atoms with Gasteiger partial charge in [-0.2, -0.15) is 0 Å². The van der Waals surface area contributed by atoms with Crippen LogP contribution in [0.15, 0.2) is 60.1 Å². The minimum absolute atomic E-state index is 0.112. The Morgan fingerprint density at radius 1 is 1.13 bits per heavy atom. The van der Waals surface area contributed by atoms with Gasteiger partial charge in [0, 0.05) is 12.4 Å². The van der Waals surface area contributed by atoms with Gasteiger partial charge in [0.05, 0.1) is 0 Å². The zero-order valence-electron chi connectivity index (χ0n) is 17.7. The number of hydrogen-bond donors (Lipinski definition) is 2. The van der Waals surface area contributed by atoms with Crippen molar-refractivity contribution in [2.24, 2.45) is 5.92 Å². The van der Waals surface area contributed by atoms with E-state index >= 15 is 0 Å². The minimum atomic E-state index is -0.468. The maximum atomic E-state index is 12.6. The Kier molecular flexibility index (Phi) is 6.48. The average Bonchev–Trinajstić information content (AvgIpc) is 3.19. The van der Waals surface area contributed by atoms with Gasteiger partial charge in [-0.1, -0.05) is 0 Å². The van der Waals surface area contributed by atoms with E-state index in [0.717, 1.165) is 16.8 Å². The molecule has 1 aromatic rings. The topological polar surface area (TPSA) is 61.4 Å². The number of hydrogen-bond acceptors (Lipinski definition) is 3. The van der Waals surface area contributed by atoms with Gasteiger partial charge in [-0.05, 0) is 17.2 Å². The number of carbonyl (C=O) groups is 2. The Labute approximate surface area is 185 Å². The second-order valence-corrected chi connectivity index (χ2v) is 12.0. The maximum absolute atomic E-state index is 12.6. The molecular weight excluding hydrogens is 437 g/mol. The Morgan fingerprint density at radius 2 is 1.87 bits per heavy atom. The van der Waals surface area contributed by atoms with Crippen LogP contribution >= 0.6 is 0 Å². The van der Waals surface area contributed by atoms with E-state index in [1.807, 2.05) is 50.7 Å². The van der Waals surface area contributed by atoms with Crippen molar-refractivity contribution in [3.8, 4) is 0 Å². The molecule has 0 bridgehead atoms. The Morgan fingerprint density at radius 3 is 2.53 bits per heavy atom. The first-order valence-electron chi connectivity index (χ1n) is 10.8. The number of fused-ring (bicyclic) bond motifs is 1. The zero-order valence-corrected chi connectivity index (χ0v) is 19.7. The molecule has 3 aliphatic rings. The number of benzene rings is 1. The van der Waals surface area contributed by atoms with Gasteiger partial charge in [0.1, 0.15) is 0 Å². The van der Waals surface area contributed by atoms with Gasteiger partial charge in [0.2, 0.25) is 0 Å². The van der Waals surface area contributed by atoms with Crippen molar-refractivity contribution in [1.82, 2.24) is 10.2 Å². The van der Waals surface area contributed by atoms with Gasteiger partial charge < -0.3 is 5.32 Å². The first-order chi connectivity index (χ1) is 14.5. The molecule has 4 rings (SSSR count). The third-order valence-electron chi connectivity index (χ3n) is 6.12. The molecule has 0 radical (unpaired) electrons. The van der Waals surface area contributed by atoms with E-state index in [1.54, 1.807) is 4.90 Å². The molecule has 0 aromatic heterocycles. The van der Waals surface area contributed by atoms with E-state index in [9.17, 15) is 9.59 Å². The van der Waals surface area contributed by atoms with Gasteiger partial charge in [-0.25, -0.2) is 0 Å². The molecule has 158 valence electrons. The van der Waals surface area contributed by atoms with Crippen molar-refractivity contribution in [3.05, 3.63) is 65.7 Å². The molecule has 1 saturated carbocycles. The SMILES string of the molecule is CC(C)C(=O)[AsH][C@H]1CC[C@H](c2ccc(NC(=O)N3C=C4C=CNC=C4C3)cc2)CC1. The number of nitrogens with zero attached hydrogens (tertiary/aromatic N) is 1. The van der Waals surface area contributed by atoms with Crippen LogP contribution in [0.1, 0.15) is 51.0 Å². The van der Waals surface area contributed by atoms with Crippen molar-refractivity contribution >= 4 is 32.0 Å². The number of urea groups is 1. The van der Waals surface area contributed by atoms with Crippen molar-refractivity contribution in [2.45, 2.75) is 50.2 Å². The second kappa shape index (κ2) is 9.26. The van der Waals surface area contributed by atoms with E-state index in [-0.39, 0.29) is 11.9 Å². The normalized spacial score (nSPS) is 23.2. The summed E-state index contributed by atoms with van der Waals surface area (Å²) in [7, 11) is 0. The summed E-state index contributed by atoms with van der Waals surface area (Å²) < 4.78 is 1.20. The summed E-state index contributed by atoms with van der Waals surface area (Å²) in [5.74, 6) is 0.778. The van der Waals surface area contributed by atoms with E-state index in [2.05, 4.69) is 22.8 Å². The van der Waals surface area contributed by atoms with Gasteiger partial charge in [0.25, 0.3) is 0 Å². The summed E-state index contributed by atoms with van der Waals surface area (Å²) >= 11 is -0.468. The van der Waals surface area contributed by atoms with Gasteiger partial charge >= 0.3 is 150 Å². The molecule has 5 nitrogen and oxygen atoms in total. The molecule has 0 spiro atoms. The Balaban J connectivity index is 1.29. The van der Waals surface area contributed by atoms with Crippen LogP contribution in [0.2, 0.25) is 4.71 Å². The molecule has 2 N–H and O–H groups in total. The molecule has 1 fully saturated rings. The van der Waals surface area contributed by atoms with Crippen molar-refractivity contribution < 1.29 is 9.59 Å². The second-order valence-electron chi connectivity index (χ2n) is 8.65. The Bertz CT molecular complexity index is 894. The fourth-order valence-electron chi connectivity index (χ4n) is 4.24. The predicted octanol–water partition coefficient (Wildman–Crippen LogP) is 4.48. The summed E-state index contributed by atoms with van der Waals surface area (Å²) in [6.45, 7) is 4.64. The molecule has 1 aliphatic carbocycles. The fraction of sp³-hybridized carbons (Fsp3) is 0.417. The van der Waals surface area contributed by atoms with Crippen LogP contribution < -0.4 is 10.6 Å². The predicted molar refractivity (Wildman–Crippen MR) is 123 cm³/mol. The third-order valence-corrected chi connectivity index (χ3v) is 9.99. The van der Waals surface area contributed by atoms with Crippen LogP contribution in [0.5, 0.6) is 0 Å². The van der Waals surface area contributed by atoms with E-state index in [1.165, 1.54) is 31.2 Å². The number of dihydropyridines is 1. The third kappa shape index (κ3) is 4.89. The molecular formula is C24H30AsN3O2. The quantitative estimate of drug-likeness (QED) is 0.628. The summed E-state index contributed by atoms with van der Waals surface area (Å²) in [5.41, 5.74) is 4.36. The van der Waals surface area contributed by atoms with Crippen LogP contribution in [0.3, 0.4) is 0 Å². The van der Waals surface area contributed by atoms with Gasteiger partial charge in [-0.3, -0.25) is 0 Å². The van der Waals surface area contributed by atoms with Crippen LogP contribution in [-0.4, -0.2) is 37.8 Å². The number of anilines is 1. The van der Waals surface area contributed by atoms with Crippen molar-refractivity contribution in [3.63, 3.8) is 0 Å². The van der Waals surface area contributed by atoms with Crippen LogP contribution in [0.25, 0.3) is 0 Å². The molecule has 1 atom stereocenters. The fourth-order valence-corrected chi connectivity index (χ4v) is 7.09. The number of allylic oxidation sites excluding steroid dienone is 1. The molecule has 0 saturated heterocycles. The van der Waals surface area contributed by atoms with E-state index < -0.39 is 15.8 Å². The number of amides is 2. The number of carbonyl (C=O) groups excluding carboxylic acids is 2. The van der Waals surface area contributed by atoms with Gasteiger partial charge in [0.15, 0.2) is 0 Å². The molecule has 1 aromatic carbocycles.